The summed E-state index contributed by atoms with van der Waals surface area (Å²) in [4.78, 5) is 0. The van der Waals surface area contributed by atoms with Crippen molar-refractivity contribution in [1.29, 1.82) is 0 Å². The van der Waals surface area contributed by atoms with E-state index in [1.165, 1.54) is 6.42 Å². The Labute approximate surface area is 114 Å². The van der Waals surface area contributed by atoms with Crippen molar-refractivity contribution in [2.45, 2.75) is 50.2 Å². The highest BCUT2D eigenvalue weighted by Crippen LogP contribution is 2.53. The molecule has 2 atom stereocenters. The Morgan fingerprint density at radius 3 is 2.58 bits per heavy atom. The topological polar surface area (TPSA) is 21.3 Å². The normalized spacial score (nSPS) is 34.2. The molecule has 1 aromatic carbocycles. The van der Waals surface area contributed by atoms with E-state index in [4.69, 9.17) is 4.74 Å². The molecule has 1 heterocycles. The van der Waals surface area contributed by atoms with Crippen LogP contribution in [0, 0.1) is 5.82 Å². The van der Waals surface area contributed by atoms with Crippen molar-refractivity contribution in [2.75, 3.05) is 13.2 Å². The van der Waals surface area contributed by atoms with Gasteiger partial charge in [-0.15, -0.1) is 0 Å². The summed E-state index contributed by atoms with van der Waals surface area (Å²) >= 11 is 0. The predicted octanol–water partition coefficient (Wildman–Crippen LogP) is 3.36. The van der Waals surface area contributed by atoms with Gasteiger partial charge in [0.2, 0.25) is 0 Å². The third kappa shape index (κ3) is 1.83. The maximum atomic E-state index is 14.4. The molecule has 0 radical (unpaired) electrons. The van der Waals surface area contributed by atoms with E-state index in [2.05, 4.69) is 12.2 Å². The van der Waals surface area contributed by atoms with Crippen LogP contribution < -0.4 is 5.32 Å². The quantitative estimate of drug-likeness (QED) is 0.903. The molecule has 0 aromatic heterocycles. The largest absolute Gasteiger partial charge is 0.373 e. The lowest BCUT2D eigenvalue weighted by Crippen LogP contribution is -2.67. The van der Waals surface area contributed by atoms with Crippen molar-refractivity contribution < 1.29 is 9.13 Å². The predicted molar refractivity (Wildman–Crippen MR) is 73.5 cm³/mol. The molecule has 1 aromatic rings. The van der Waals surface area contributed by atoms with Gasteiger partial charge in [0, 0.05) is 12.0 Å². The minimum atomic E-state index is -0.344. The summed E-state index contributed by atoms with van der Waals surface area (Å²) in [6, 6.07) is 7.18. The van der Waals surface area contributed by atoms with Gasteiger partial charge >= 0.3 is 0 Å². The van der Waals surface area contributed by atoms with Crippen molar-refractivity contribution in [2.24, 2.45) is 0 Å². The minimum Gasteiger partial charge on any atom is -0.373 e. The molecular formula is C16H22FNO. The summed E-state index contributed by atoms with van der Waals surface area (Å²) in [5, 5.41) is 3.58. The van der Waals surface area contributed by atoms with E-state index in [0.717, 1.165) is 44.4 Å². The molecular weight excluding hydrogens is 241 g/mol. The van der Waals surface area contributed by atoms with Crippen molar-refractivity contribution in [3.63, 3.8) is 0 Å². The van der Waals surface area contributed by atoms with Gasteiger partial charge in [-0.2, -0.15) is 0 Å². The fraction of sp³-hybridized carbons (Fsp3) is 0.625. The van der Waals surface area contributed by atoms with Gasteiger partial charge in [-0.05, 0) is 25.5 Å². The zero-order chi connectivity index (χ0) is 13.3. The Balaban J connectivity index is 2.09. The number of rotatable bonds is 3. The first kappa shape index (κ1) is 13.1. The Kier molecular flexibility index (Phi) is 3.35. The van der Waals surface area contributed by atoms with E-state index in [1.807, 2.05) is 12.1 Å². The zero-order valence-electron chi connectivity index (χ0n) is 11.5. The van der Waals surface area contributed by atoms with E-state index < -0.39 is 0 Å². The number of ether oxygens (including phenoxy) is 1. The summed E-state index contributed by atoms with van der Waals surface area (Å²) < 4.78 is 20.4. The summed E-state index contributed by atoms with van der Waals surface area (Å²) in [6.07, 6.45) is 5.35. The molecule has 1 saturated carbocycles. The molecule has 2 nitrogen and oxygen atoms in total. The van der Waals surface area contributed by atoms with E-state index >= 15 is 0 Å². The second-order valence-corrected chi connectivity index (χ2v) is 5.72. The SMILES string of the molecule is CCN[C@@]1(c2ccccc2F)CCCCC12CCO2. The standard InChI is InChI=1S/C16H22FNO/c1-2-18-16(13-7-3-4-8-14(13)17)10-6-5-9-15(16)11-12-19-15/h3-4,7-8,18H,2,5-6,9-12H2,1H3/t15?,16-/m1/s1. The first-order chi connectivity index (χ1) is 9.24. The molecule has 1 unspecified atom stereocenters. The number of hydrogen-bond acceptors (Lipinski definition) is 2. The maximum Gasteiger partial charge on any atom is 0.128 e. The molecule has 104 valence electrons. The van der Waals surface area contributed by atoms with Crippen LogP contribution in [-0.2, 0) is 10.3 Å². The highest BCUT2D eigenvalue weighted by molar-refractivity contribution is 5.33. The van der Waals surface area contributed by atoms with Gasteiger partial charge in [0.1, 0.15) is 5.82 Å². The summed E-state index contributed by atoms with van der Waals surface area (Å²) in [5.41, 5.74) is 0.254. The Morgan fingerprint density at radius 1 is 1.21 bits per heavy atom. The molecule has 0 bridgehead atoms. The van der Waals surface area contributed by atoms with Crippen molar-refractivity contribution >= 4 is 0 Å². The Bertz CT molecular complexity index is 454. The number of likely N-dealkylation sites (N-methyl/N-ethyl adjacent to an activating group) is 1. The molecule has 1 aliphatic carbocycles. The zero-order valence-corrected chi connectivity index (χ0v) is 11.5. The van der Waals surface area contributed by atoms with E-state index in [0.29, 0.717) is 0 Å². The van der Waals surface area contributed by atoms with Crippen molar-refractivity contribution in [1.82, 2.24) is 5.32 Å². The van der Waals surface area contributed by atoms with Crippen molar-refractivity contribution in [3.05, 3.63) is 35.6 Å². The van der Waals surface area contributed by atoms with Crippen LogP contribution in [0.15, 0.2) is 24.3 Å². The van der Waals surface area contributed by atoms with Crippen LogP contribution >= 0.6 is 0 Å². The van der Waals surface area contributed by atoms with Gasteiger partial charge < -0.3 is 10.1 Å². The molecule has 3 rings (SSSR count). The Hall–Kier alpha value is -0.930. The summed E-state index contributed by atoms with van der Waals surface area (Å²) in [6.45, 7) is 3.73. The third-order valence-corrected chi connectivity index (χ3v) is 4.86. The average molecular weight is 263 g/mol. The number of nitrogens with one attached hydrogen (secondary N) is 1. The lowest BCUT2D eigenvalue weighted by Gasteiger charge is -2.58. The van der Waals surface area contributed by atoms with E-state index in [9.17, 15) is 4.39 Å². The van der Waals surface area contributed by atoms with Gasteiger partial charge in [-0.3, -0.25) is 0 Å². The first-order valence-electron chi connectivity index (χ1n) is 7.38. The second-order valence-electron chi connectivity index (χ2n) is 5.72. The van der Waals surface area contributed by atoms with Gasteiger partial charge in [0.25, 0.3) is 0 Å². The molecule has 19 heavy (non-hydrogen) atoms. The van der Waals surface area contributed by atoms with E-state index in [-0.39, 0.29) is 17.0 Å². The highest BCUT2D eigenvalue weighted by Gasteiger charge is 2.58. The third-order valence-electron chi connectivity index (χ3n) is 4.86. The lowest BCUT2D eigenvalue weighted by molar-refractivity contribution is -0.219. The second kappa shape index (κ2) is 4.88. The fourth-order valence-corrected chi connectivity index (χ4v) is 3.96. The van der Waals surface area contributed by atoms with Crippen LogP contribution in [0.5, 0.6) is 0 Å². The number of hydrogen-bond donors (Lipinski definition) is 1. The summed E-state index contributed by atoms with van der Waals surface area (Å²) in [7, 11) is 0. The van der Waals surface area contributed by atoms with Crippen molar-refractivity contribution in [3.8, 4) is 0 Å². The highest BCUT2D eigenvalue weighted by atomic mass is 19.1. The molecule has 3 heteroatoms. The van der Waals surface area contributed by atoms with Crippen LogP contribution in [0.2, 0.25) is 0 Å². The molecule has 1 saturated heterocycles. The lowest BCUT2D eigenvalue weighted by atomic mass is 9.62. The van der Waals surface area contributed by atoms with Gasteiger partial charge in [-0.1, -0.05) is 38.0 Å². The molecule has 0 amide bonds. The maximum absolute atomic E-state index is 14.4. The van der Waals surface area contributed by atoms with Crippen LogP contribution in [0.3, 0.4) is 0 Å². The van der Waals surface area contributed by atoms with Gasteiger partial charge in [-0.25, -0.2) is 4.39 Å². The molecule has 1 aliphatic heterocycles. The van der Waals surface area contributed by atoms with E-state index in [1.54, 1.807) is 12.1 Å². The number of benzene rings is 1. The average Bonchev–Trinajstić information content (AvgIpc) is 2.38. The fourth-order valence-electron chi connectivity index (χ4n) is 3.96. The van der Waals surface area contributed by atoms with Crippen LogP contribution in [0.25, 0.3) is 0 Å². The monoisotopic (exact) mass is 263 g/mol. The first-order valence-corrected chi connectivity index (χ1v) is 7.38. The smallest absolute Gasteiger partial charge is 0.128 e. The minimum absolute atomic E-state index is 0.111. The molecule has 1 N–H and O–H groups in total. The molecule has 1 spiro atoms. The molecule has 2 aliphatic rings. The van der Waals surface area contributed by atoms with Crippen LogP contribution in [0.1, 0.15) is 44.6 Å². The van der Waals surface area contributed by atoms with Gasteiger partial charge in [0.15, 0.2) is 0 Å². The molecule has 2 fully saturated rings. The summed E-state index contributed by atoms with van der Waals surface area (Å²) in [5.74, 6) is -0.111. The van der Waals surface area contributed by atoms with Crippen LogP contribution in [-0.4, -0.2) is 18.8 Å². The number of halogens is 1. The van der Waals surface area contributed by atoms with Gasteiger partial charge in [0.05, 0.1) is 17.7 Å². The Morgan fingerprint density at radius 2 is 1.95 bits per heavy atom. The van der Waals surface area contributed by atoms with Crippen LogP contribution in [0.4, 0.5) is 4.39 Å².